The fourth-order valence-electron chi connectivity index (χ4n) is 8.74. The molecule has 4 heterocycles. The average Bonchev–Trinajstić information content (AvgIpc) is 3.70. The van der Waals surface area contributed by atoms with Crippen molar-refractivity contribution in [1.29, 1.82) is 0 Å². The third kappa shape index (κ3) is 4.30. The van der Waals surface area contributed by atoms with Crippen molar-refractivity contribution in [3.05, 3.63) is 129 Å². The van der Waals surface area contributed by atoms with Crippen LogP contribution in [0.1, 0.15) is 96.4 Å². The Morgan fingerprint density at radius 2 is 1.61 bits per heavy atom. The molecular formula is C44H43N3O2. The first-order chi connectivity index (χ1) is 23.3. The summed E-state index contributed by atoms with van der Waals surface area (Å²) in [5.41, 5.74) is 14.5. The van der Waals surface area contributed by atoms with E-state index in [1.54, 1.807) is 0 Å². The minimum Gasteiger partial charge on any atom is -0.467 e. The highest BCUT2D eigenvalue weighted by Gasteiger charge is 2.42. The molecule has 0 bridgehead atoms. The zero-order valence-corrected chi connectivity index (χ0v) is 29.9. The van der Waals surface area contributed by atoms with Crippen LogP contribution >= 0.6 is 0 Å². The summed E-state index contributed by atoms with van der Waals surface area (Å²) < 4.78 is 15.9. The van der Waals surface area contributed by atoms with Gasteiger partial charge in [-0.25, -0.2) is 9.98 Å². The maximum atomic E-state index is 6.86. The van der Waals surface area contributed by atoms with Crippen LogP contribution in [-0.4, -0.2) is 21.5 Å². The molecule has 0 saturated heterocycles. The quantitative estimate of drug-likeness (QED) is 0.192. The Bertz CT molecular complexity index is 2440. The highest BCUT2D eigenvalue weighted by atomic mass is 16.5. The molecule has 4 aromatic carbocycles. The first kappa shape index (κ1) is 30.2. The van der Waals surface area contributed by atoms with Gasteiger partial charge in [-0.15, -0.1) is 0 Å². The van der Waals surface area contributed by atoms with E-state index < -0.39 is 0 Å². The van der Waals surface area contributed by atoms with Crippen LogP contribution in [0.15, 0.2) is 77.9 Å². The lowest BCUT2D eigenvalue weighted by atomic mass is 9.75. The van der Waals surface area contributed by atoms with Crippen molar-refractivity contribution in [2.24, 2.45) is 4.99 Å². The van der Waals surface area contributed by atoms with Crippen molar-refractivity contribution >= 4 is 27.7 Å². The van der Waals surface area contributed by atoms with Gasteiger partial charge >= 0.3 is 0 Å². The molecular weight excluding hydrogens is 603 g/mol. The van der Waals surface area contributed by atoms with Crippen molar-refractivity contribution in [3.8, 4) is 17.3 Å². The average molecular weight is 646 g/mol. The minimum atomic E-state index is -0.164. The smallest absolute Gasteiger partial charge is 0.217 e. The summed E-state index contributed by atoms with van der Waals surface area (Å²) in [5, 5.41) is 2.48. The van der Waals surface area contributed by atoms with Crippen molar-refractivity contribution in [3.63, 3.8) is 0 Å². The summed E-state index contributed by atoms with van der Waals surface area (Å²) in [4.78, 5) is 10.1. The molecule has 1 aliphatic carbocycles. The number of rotatable bonds is 3. The van der Waals surface area contributed by atoms with Gasteiger partial charge in [-0.1, -0.05) is 76.6 Å². The number of aryl methyl sites for hydroxylation is 4. The van der Waals surface area contributed by atoms with E-state index in [-0.39, 0.29) is 23.0 Å². The van der Waals surface area contributed by atoms with E-state index >= 15 is 0 Å². The van der Waals surface area contributed by atoms with Gasteiger partial charge in [0.25, 0.3) is 0 Å². The van der Waals surface area contributed by atoms with E-state index in [1.807, 2.05) is 12.3 Å². The van der Waals surface area contributed by atoms with Crippen LogP contribution in [0.5, 0.6) is 11.5 Å². The van der Waals surface area contributed by atoms with Gasteiger partial charge in [0.15, 0.2) is 0 Å². The van der Waals surface area contributed by atoms with Gasteiger partial charge in [-0.2, -0.15) is 0 Å². The molecule has 246 valence electrons. The number of hydrogen-bond acceptors (Lipinski definition) is 4. The number of nitrogens with zero attached hydrogens (tertiary/aromatic N) is 3. The fourth-order valence-corrected chi connectivity index (χ4v) is 8.74. The second-order valence-electron chi connectivity index (χ2n) is 16.1. The highest BCUT2D eigenvalue weighted by molar-refractivity contribution is 6.12. The first-order valence-corrected chi connectivity index (χ1v) is 17.5. The molecule has 2 atom stereocenters. The predicted molar refractivity (Wildman–Crippen MR) is 199 cm³/mol. The fraction of sp³-hybridized carbons (Fsp3) is 0.318. The van der Waals surface area contributed by atoms with E-state index in [0.717, 1.165) is 51.5 Å². The molecule has 0 radical (unpaired) electrons. The third-order valence-electron chi connectivity index (χ3n) is 11.2. The van der Waals surface area contributed by atoms with Crippen molar-refractivity contribution in [2.45, 2.75) is 91.7 Å². The summed E-state index contributed by atoms with van der Waals surface area (Å²) in [6, 6.07) is 24.5. The van der Waals surface area contributed by atoms with E-state index in [9.17, 15) is 0 Å². The topological polar surface area (TPSA) is 48.6 Å². The molecule has 0 N–H and O–H groups in total. The number of aromatic nitrogens is 2. The number of ether oxygens (including phenoxy) is 2. The Hall–Kier alpha value is -4.90. The number of aliphatic imine (C=N–C) groups is 1. The van der Waals surface area contributed by atoms with Crippen LogP contribution in [0.3, 0.4) is 0 Å². The zero-order valence-electron chi connectivity index (χ0n) is 29.9. The van der Waals surface area contributed by atoms with E-state index in [2.05, 4.69) is 128 Å². The van der Waals surface area contributed by atoms with Gasteiger partial charge in [0.05, 0.1) is 17.1 Å². The molecule has 0 amide bonds. The molecule has 0 unspecified atom stereocenters. The Kier molecular flexibility index (Phi) is 6.20. The van der Waals surface area contributed by atoms with Crippen molar-refractivity contribution in [2.75, 3.05) is 0 Å². The van der Waals surface area contributed by atoms with Crippen LogP contribution in [0.4, 0.5) is 0 Å². The molecule has 2 aromatic heterocycles. The zero-order chi connectivity index (χ0) is 34.1. The van der Waals surface area contributed by atoms with Gasteiger partial charge < -0.3 is 9.47 Å². The van der Waals surface area contributed by atoms with E-state index in [0.29, 0.717) is 5.90 Å². The van der Waals surface area contributed by atoms with Crippen LogP contribution in [-0.2, 0) is 22.0 Å². The SMILES string of the molecule is Cc1cc2c3c(c1)c1cc(C)c(Oc4cc(C5=N[C@@H]6Cc7c(cccc7C(C)(C)C)[C@@H]6O5)c(C)cc4C)cc1n3-c1ncccc1C2(C)C. The first-order valence-electron chi connectivity index (χ1n) is 17.5. The molecule has 0 spiro atoms. The Labute approximate surface area is 288 Å². The summed E-state index contributed by atoms with van der Waals surface area (Å²) in [7, 11) is 0. The lowest BCUT2D eigenvalue weighted by Crippen LogP contribution is -2.27. The number of benzene rings is 4. The Morgan fingerprint density at radius 1 is 0.837 bits per heavy atom. The molecule has 0 fully saturated rings. The molecule has 6 aromatic rings. The summed E-state index contributed by atoms with van der Waals surface area (Å²) in [6.07, 6.45) is 2.77. The predicted octanol–water partition coefficient (Wildman–Crippen LogP) is 10.6. The number of fused-ring (bicyclic) bond motifs is 8. The van der Waals surface area contributed by atoms with Crippen LogP contribution in [0.2, 0.25) is 0 Å². The number of hydrogen-bond donors (Lipinski definition) is 0. The summed E-state index contributed by atoms with van der Waals surface area (Å²) >= 11 is 0. The minimum absolute atomic E-state index is 0.0440. The lowest BCUT2D eigenvalue weighted by Gasteiger charge is -2.34. The van der Waals surface area contributed by atoms with Crippen LogP contribution in [0.25, 0.3) is 27.6 Å². The maximum absolute atomic E-state index is 6.86. The second kappa shape index (κ2) is 10.1. The summed E-state index contributed by atoms with van der Waals surface area (Å²) in [5.74, 6) is 3.35. The van der Waals surface area contributed by atoms with Gasteiger partial charge in [0.2, 0.25) is 5.90 Å². The highest BCUT2D eigenvalue weighted by Crippen LogP contribution is 2.49. The molecule has 3 aliphatic rings. The molecule has 5 heteroatoms. The molecule has 5 nitrogen and oxygen atoms in total. The van der Waals surface area contributed by atoms with E-state index in [4.69, 9.17) is 19.5 Å². The van der Waals surface area contributed by atoms with Gasteiger partial charge in [-0.3, -0.25) is 4.57 Å². The third-order valence-corrected chi connectivity index (χ3v) is 11.2. The van der Waals surface area contributed by atoms with E-state index in [1.165, 1.54) is 49.7 Å². The molecule has 2 aliphatic heterocycles. The van der Waals surface area contributed by atoms with Gasteiger partial charge in [0, 0.05) is 39.6 Å². The lowest BCUT2D eigenvalue weighted by molar-refractivity contribution is 0.209. The van der Waals surface area contributed by atoms with Crippen LogP contribution in [0, 0.1) is 27.7 Å². The Morgan fingerprint density at radius 3 is 2.41 bits per heavy atom. The summed E-state index contributed by atoms with van der Waals surface area (Å²) in [6.45, 7) is 20.1. The van der Waals surface area contributed by atoms with Gasteiger partial charge in [0.1, 0.15) is 23.4 Å². The largest absolute Gasteiger partial charge is 0.467 e. The van der Waals surface area contributed by atoms with Crippen molar-refractivity contribution < 1.29 is 9.47 Å². The standard InChI is InChI=1S/C44H43N3O2/c1-23-16-31-30-19-26(4)38(22-36(30)47-39(31)34(17-23)44(8,9)33-14-11-15-45-41(33)47)48-37-21-28(24(2)18-25(37)3)42-46-35-20-29-27(40(35)49-42)12-10-13-32(29)43(5,6)7/h10-19,21-22,35,40H,20H2,1-9H3/t35-,40+/m1/s1. The second-order valence-corrected chi connectivity index (χ2v) is 16.1. The number of pyridine rings is 1. The van der Waals surface area contributed by atoms with Gasteiger partial charge in [-0.05, 0) is 103 Å². The van der Waals surface area contributed by atoms with Crippen LogP contribution < -0.4 is 4.74 Å². The normalized spacial score (nSPS) is 18.7. The Balaban J connectivity index is 1.13. The monoisotopic (exact) mass is 645 g/mol. The molecule has 0 saturated carbocycles. The maximum Gasteiger partial charge on any atom is 0.217 e. The van der Waals surface area contributed by atoms with Crippen molar-refractivity contribution in [1.82, 2.24) is 9.55 Å². The molecule has 9 rings (SSSR count). The molecule has 49 heavy (non-hydrogen) atoms.